The predicted molar refractivity (Wildman–Crippen MR) is 44.8 cm³/mol. The molecule has 1 nitrogen and oxygen atoms in total. The highest BCUT2D eigenvalue weighted by molar-refractivity contribution is 9.10. The summed E-state index contributed by atoms with van der Waals surface area (Å²) in [4.78, 5) is 0. The van der Waals surface area contributed by atoms with Gasteiger partial charge in [-0.1, -0.05) is 6.07 Å². The molecule has 0 unspecified atom stereocenters. The van der Waals surface area contributed by atoms with Gasteiger partial charge in [0.15, 0.2) is 11.6 Å². The first kappa shape index (κ1) is 9.61. The van der Waals surface area contributed by atoms with Gasteiger partial charge in [-0.3, -0.25) is 0 Å². The Bertz CT molecular complexity index is 289. The van der Waals surface area contributed by atoms with Crippen molar-refractivity contribution in [3.63, 3.8) is 0 Å². The average Bonchev–Trinajstić information content (AvgIpc) is 2.07. The minimum atomic E-state index is -0.902. The van der Waals surface area contributed by atoms with Gasteiger partial charge in [-0.25, -0.2) is 8.78 Å². The molecule has 1 rings (SSSR count). The van der Waals surface area contributed by atoms with Crippen molar-refractivity contribution in [2.24, 2.45) is 0 Å². The molecule has 0 spiro atoms. The summed E-state index contributed by atoms with van der Waals surface area (Å²) in [6.07, 6.45) is 0.317. The van der Waals surface area contributed by atoms with Crippen LogP contribution in [-0.4, -0.2) is 11.7 Å². The van der Waals surface area contributed by atoms with E-state index >= 15 is 0 Å². The van der Waals surface area contributed by atoms with Crippen LogP contribution in [0.5, 0.6) is 0 Å². The van der Waals surface area contributed by atoms with Gasteiger partial charge in [0.1, 0.15) is 0 Å². The molecule has 0 saturated carbocycles. The molecule has 0 amide bonds. The van der Waals surface area contributed by atoms with Gasteiger partial charge in [-0.05, 0) is 34.0 Å². The highest BCUT2D eigenvalue weighted by Gasteiger charge is 2.09. The quantitative estimate of drug-likeness (QED) is 0.782. The zero-order valence-electron chi connectivity index (χ0n) is 6.15. The Kier molecular flexibility index (Phi) is 3.17. The minimum Gasteiger partial charge on any atom is -0.396 e. The summed E-state index contributed by atoms with van der Waals surface area (Å²) in [5.74, 6) is -1.79. The van der Waals surface area contributed by atoms with Crippen LogP contribution < -0.4 is 0 Å². The average molecular weight is 237 g/mol. The fourth-order valence-electron chi connectivity index (χ4n) is 0.879. The first-order valence-corrected chi connectivity index (χ1v) is 4.19. The van der Waals surface area contributed by atoms with E-state index in [2.05, 4.69) is 15.9 Å². The van der Waals surface area contributed by atoms with E-state index in [0.717, 1.165) is 6.07 Å². The van der Waals surface area contributed by atoms with Crippen LogP contribution in [0.1, 0.15) is 5.56 Å². The summed E-state index contributed by atoms with van der Waals surface area (Å²) in [5.41, 5.74) is 0.566. The molecule has 0 aliphatic heterocycles. The Morgan fingerprint density at radius 2 is 2.00 bits per heavy atom. The summed E-state index contributed by atoms with van der Waals surface area (Å²) in [7, 11) is 0. The minimum absolute atomic E-state index is 0.0797. The SMILES string of the molecule is OCCc1ccc(F)c(F)c1Br. The third-order valence-corrected chi connectivity index (χ3v) is 2.35. The Morgan fingerprint density at radius 1 is 1.33 bits per heavy atom. The van der Waals surface area contributed by atoms with Crippen LogP contribution in [0.3, 0.4) is 0 Å². The van der Waals surface area contributed by atoms with E-state index in [0.29, 0.717) is 12.0 Å². The summed E-state index contributed by atoms with van der Waals surface area (Å²) in [6, 6.07) is 2.49. The van der Waals surface area contributed by atoms with E-state index in [-0.39, 0.29) is 11.1 Å². The maximum atomic E-state index is 12.8. The highest BCUT2D eigenvalue weighted by atomic mass is 79.9. The molecule has 4 heteroatoms. The second-order valence-electron chi connectivity index (χ2n) is 2.31. The topological polar surface area (TPSA) is 20.2 Å². The van der Waals surface area contributed by atoms with Crippen molar-refractivity contribution in [1.29, 1.82) is 0 Å². The van der Waals surface area contributed by atoms with Gasteiger partial charge in [0.25, 0.3) is 0 Å². The van der Waals surface area contributed by atoms with Crippen molar-refractivity contribution in [2.75, 3.05) is 6.61 Å². The van der Waals surface area contributed by atoms with E-state index in [9.17, 15) is 8.78 Å². The van der Waals surface area contributed by atoms with Gasteiger partial charge in [0.05, 0.1) is 4.47 Å². The van der Waals surface area contributed by atoms with Crippen molar-refractivity contribution < 1.29 is 13.9 Å². The fraction of sp³-hybridized carbons (Fsp3) is 0.250. The maximum Gasteiger partial charge on any atom is 0.173 e. The van der Waals surface area contributed by atoms with Crippen molar-refractivity contribution >= 4 is 15.9 Å². The van der Waals surface area contributed by atoms with Crippen LogP contribution >= 0.6 is 15.9 Å². The van der Waals surface area contributed by atoms with Crippen molar-refractivity contribution in [3.05, 3.63) is 33.8 Å². The largest absolute Gasteiger partial charge is 0.396 e. The van der Waals surface area contributed by atoms with Gasteiger partial charge in [0.2, 0.25) is 0 Å². The number of halogens is 3. The molecule has 1 aromatic rings. The van der Waals surface area contributed by atoms with E-state index in [1.54, 1.807) is 0 Å². The van der Waals surface area contributed by atoms with Crippen LogP contribution in [0, 0.1) is 11.6 Å². The molecule has 66 valence electrons. The van der Waals surface area contributed by atoms with Crippen molar-refractivity contribution in [3.8, 4) is 0 Å². The van der Waals surface area contributed by atoms with Gasteiger partial charge >= 0.3 is 0 Å². The Hall–Kier alpha value is -0.480. The van der Waals surface area contributed by atoms with Gasteiger partial charge in [0, 0.05) is 6.61 Å². The number of rotatable bonds is 2. The molecule has 0 fully saturated rings. The third kappa shape index (κ3) is 1.81. The number of aliphatic hydroxyl groups excluding tert-OH is 1. The first-order chi connectivity index (χ1) is 5.66. The molecule has 1 aromatic carbocycles. The smallest absolute Gasteiger partial charge is 0.173 e. The summed E-state index contributed by atoms with van der Waals surface area (Å²) >= 11 is 2.91. The lowest BCUT2D eigenvalue weighted by atomic mass is 10.1. The predicted octanol–water partition coefficient (Wildman–Crippen LogP) is 2.26. The molecular formula is C8H7BrF2O. The Morgan fingerprint density at radius 3 is 2.58 bits per heavy atom. The molecule has 0 atom stereocenters. The first-order valence-electron chi connectivity index (χ1n) is 3.40. The lowest BCUT2D eigenvalue weighted by molar-refractivity contribution is 0.299. The zero-order valence-corrected chi connectivity index (χ0v) is 7.74. The molecule has 0 aromatic heterocycles. The molecular weight excluding hydrogens is 230 g/mol. The highest BCUT2D eigenvalue weighted by Crippen LogP contribution is 2.23. The maximum absolute atomic E-state index is 12.8. The van der Waals surface area contributed by atoms with E-state index < -0.39 is 11.6 Å². The van der Waals surface area contributed by atoms with Crippen molar-refractivity contribution in [1.82, 2.24) is 0 Å². The lowest BCUT2D eigenvalue weighted by Crippen LogP contribution is -1.96. The normalized spacial score (nSPS) is 10.3. The van der Waals surface area contributed by atoms with E-state index in [1.807, 2.05) is 0 Å². The number of aliphatic hydroxyl groups is 1. The van der Waals surface area contributed by atoms with E-state index in [4.69, 9.17) is 5.11 Å². The standard InChI is InChI=1S/C8H7BrF2O/c9-7-5(3-4-12)1-2-6(10)8(7)11/h1-2,12H,3-4H2. The van der Waals surface area contributed by atoms with Gasteiger partial charge in [-0.2, -0.15) is 0 Å². The van der Waals surface area contributed by atoms with Gasteiger partial charge in [-0.15, -0.1) is 0 Å². The third-order valence-electron chi connectivity index (χ3n) is 1.50. The van der Waals surface area contributed by atoms with Crippen LogP contribution in [0.15, 0.2) is 16.6 Å². The van der Waals surface area contributed by atoms with Crippen LogP contribution in [0.2, 0.25) is 0 Å². The lowest BCUT2D eigenvalue weighted by Gasteiger charge is -2.03. The second kappa shape index (κ2) is 3.96. The molecule has 0 aliphatic rings. The molecule has 0 bridgehead atoms. The van der Waals surface area contributed by atoms with Crippen molar-refractivity contribution in [2.45, 2.75) is 6.42 Å². The molecule has 0 saturated heterocycles. The van der Waals surface area contributed by atoms with Crippen LogP contribution in [0.25, 0.3) is 0 Å². The monoisotopic (exact) mass is 236 g/mol. The molecule has 12 heavy (non-hydrogen) atoms. The number of hydrogen-bond donors (Lipinski definition) is 1. The molecule has 1 N–H and O–H groups in total. The molecule has 0 radical (unpaired) electrons. The number of benzene rings is 1. The zero-order chi connectivity index (χ0) is 9.14. The number of hydrogen-bond acceptors (Lipinski definition) is 1. The van der Waals surface area contributed by atoms with Gasteiger partial charge < -0.3 is 5.11 Å². The van der Waals surface area contributed by atoms with Crippen LogP contribution in [0.4, 0.5) is 8.78 Å². The van der Waals surface area contributed by atoms with Crippen LogP contribution in [-0.2, 0) is 6.42 Å². The van der Waals surface area contributed by atoms with E-state index in [1.165, 1.54) is 6.07 Å². The Labute approximate surface area is 77.2 Å². The summed E-state index contributed by atoms with van der Waals surface area (Å²) < 4.78 is 25.4. The molecule has 0 aliphatic carbocycles. The molecule has 0 heterocycles. The fourth-order valence-corrected chi connectivity index (χ4v) is 1.40. The summed E-state index contributed by atoms with van der Waals surface area (Å²) in [6.45, 7) is -0.0797. The summed E-state index contributed by atoms with van der Waals surface area (Å²) in [5, 5.41) is 8.57. The second-order valence-corrected chi connectivity index (χ2v) is 3.10. The Balaban J connectivity index is 3.08.